The number of halogens is 2. The summed E-state index contributed by atoms with van der Waals surface area (Å²) in [5.41, 5.74) is 0. The number of rotatable bonds is 0. The lowest BCUT2D eigenvalue weighted by atomic mass is 10.2. The van der Waals surface area contributed by atoms with Crippen molar-refractivity contribution in [3.05, 3.63) is 36.0 Å². The van der Waals surface area contributed by atoms with Crippen molar-refractivity contribution < 1.29 is 13.9 Å². The van der Waals surface area contributed by atoms with Gasteiger partial charge in [-0.25, -0.2) is 13.8 Å². The fourth-order valence-electron chi connectivity index (χ4n) is 1.13. The van der Waals surface area contributed by atoms with E-state index in [9.17, 15) is 8.78 Å². The molecule has 0 bridgehead atoms. The average Bonchev–Trinajstić information content (AvgIpc) is 2.08. The first-order chi connectivity index (χ1) is 6.16. The maximum Gasteiger partial charge on any atom is 0.211 e. The first-order valence-corrected chi connectivity index (χ1v) is 3.60. The molecule has 0 fully saturated rings. The lowest BCUT2D eigenvalue weighted by Crippen LogP contribution is -1.85. The number of aromatic hydroxyl groups is 1. The Kier molecular flexibility index (Phi) is 1.62. The fraction of sp³-hybridized carbons (Fsp3) is 0. The van der Waals surface area contributed by atoms with E-state index in [4.69, 9.17) is 5.11 Å². The van der Waals surface area contributed by atoms with Crippen LogP contribution >= 0.6 is 0 Å². The van der Waals surface area contributed by atoms with Crippen LogP contribution in [0.15, 0.2) is 24.4 Å². The minimum Gasteiger partial charge on any atom is -0.493 e. The number of benzene rings is 1. The molecule has 2 rings (SSSR count). The SMILES string of the molecule is Oc1cc2cc(F)c(F)cc2cn1. The van der Waals surface area contributed by atoms with Gasteiger partial charge >= 0.3 is 0 Å². The Bertz CT molecular complexity index is 470. The van der Waals surface area contributed by atoms with Gasteiger partial charge in [-0.15, -0.1) is 0 Å². The summed E-state index contributed by atoms with van der Waals surface area (Å²) in [7, 11) is 0. The maximum absolute atomic E-state index is 12.7. The van der Waals surface area contributed by atoms with E-state index in [0.717, 1.165) is 12.1 Å². The normalized spacial score (nSPS) is 10.6. The van der Waals surface area contributed by atoms with Gasteiger partial charge in [-0.2, -0.15) is 0 Å². The van der Waals surface area contributed by atoms with Crippen molar-refractivity contribution in [2.24, 2.45) is 0 Å². The van der Waals surface area contributed by atoms with E-state index >= 15 is 0 Å². The molecule has 2 nitrogen and oxygen atoms in total. The lowest BCUT2D eigenvalue weighted by molar-refractivity contribution is 0.454. The highest BCUT2D eigenvalue weighted by molar-refractivity contribution is 5.82. The first-order valence-electron chi connectivity index (χ1n) is 3.60. The Morgan fingerprint density at radius 2 is 1.62 bits per heavy atom. The largest absolute Gasteiger partial charge is 0.493 e. The van der Waals surface area contributed by atoms with Gasteiger partial charge in [-0.3, -0.25) is 0 Å². The fourth-order valence-corrected chi connectivity index (χ4v) is 1.13. The predicted octanol–water partition coefficient (Wildman–Crippen LogP) is 2.22. The summed E-state index contributed by atoms with van der Waals surface area (Å²) in [6.07, 6.45) is 1.28. The number of fused-ring (bicyclic) bond motifs is 1. The second kappa shape index (κ2) is 2.65. The molecular weight excluding hydrogens is 176 g/mol. The third-order valence-corrected chi connectivity index (χ3v) is 1.75. The van der Waals surface area contributed by atoms with E-state index in [-0.39, 0.29) is 5.88 Å². The molecule has 0 spiro atoms. The Hall–Kier alpha value is -1.71. The van der Waals surface area contributed by atoms with Gasteiger partial charge in [0, 0.05) is 17.6 Å². The Labute approximate surface area is 72.5 Å². The van der Waals surface area contributed by atoms with E-state index in [2.05, 4.69) is 4.98 Å². The Balaban J connectivity index is 2.81. The highest BCUT2D eigenvalue weighted by atomic mass is 19.2. The highest BCUT2D eigenvalue weighted by Crippen LogP contribution is 2.20. The first kappa shape index (κ1) is 7.91. The van der Waals surface area contributed by atoms with Crippen LogP contribution in [-0.4, -0.2) is 10.1 Å². The zero-order valence-corrected chi connectivity index (χ0v) is 6.46. The molecule has 1 N–H and O–H groups in total. The second-order valence-electron chi connectivity index (χ2n) is 2.66. The molecule has 0 aliphatic carbocycles. The van der Waals surface area contributed by atoms with Gasteiger partial charge in [0.2, 0.25) is 5.88 Å². The average molecular weight is 181 g/mol. The molecule has 0 radical (unpaired) electrons. The summed E-state index contributed by atoms with van der Waals surface area (Å²) < 4.78 is 25.4. The van der Waals surface area contributed by atoms with Crippen LogP contribution in [0.4, 0.5) is 8.78 Å². The van der Waals surface area contributed by atoms with Gasteiger partial charge in [0.1, 0.15) is 0 Å². The van der Waals surface area contributed by atoms with Crippen molar-refractivity contribution in [3.8, 4) is 5.88 Å². The van der Waals surface area contributed by atoms with Crippen LogP contribution in [0, 0.1) is 11.6 Å². The van der Waals surface area contributed by atoms with Crippen LogP contribution in [0.2, 0.25) is 0 Å². The van der Waals surface area contributed by atoms with Crippen molar-refractivity contribution in [3.63, 3.8) is 0 Å². The molecule has 0 unspecified atom stereocenters. The molecule has 0 saturated carbocycles. The molecular formula is C9H5F2NO. The van der Waals surface area contributed by atoms with Crippen molar-refractivity contribution >= 4 is 10.8 Å². The Morgan fingerprint density at radius 1 is 1.00 bits per heavy atom. The van der Waals surface area contributed by atoms with E-state index in [1.54, 1.807) is 0 Å². The summed E-state index contributed by atoms with van der Waals surface area (Å²) >= 11 is 0. The third kappa shape index (κ3) is 1.30. The number of hydrogen-bond donors (Lipinski definition) is 1. The Morgan fingerprint density at radius 3 is 2.31 bits per heavy atom. The number of hydrogen-bond acceptors (Lipinski definition) is 2. The summed E-state index contributed by atoms with van der Waals surface area (Å²) in [6.45, 7) is 0. The number of aromatic nitrogens is 1. The van der Waals surface area contributed by atoms with Crippen LogP contribution in [0.5, 0.6) is 5.88 Å². The van der Waals surface area contributed by atoms with Crippen molar-refractivity contribution in [2.45, 2.75) is 0 Å². The van der Waals surface area contributed by atoms with E-state index < -0.39 is 11.6 Å². The van der Waals surface area contributed by atoms with Crippen LogP contribution in [0.25, 0.3) is 10.8 Å². The van der Waals surface area contributed by atoms with Crippen molar-refractivity contribution in [2.75, 3.05) is 0 Å². The molecule has 0 aliphatic heterocycles. The molecule has 0 amide bonds. The third-order valence-electron chi connectivity index (χ3n) is 1.75. The molecule has 1 aromatic heterocycles. The van der Waals surface area contributed by atoms with Gasteiger partial charge in [-0.1, -0.05) is 0 Å². The van der Waals surface area contributed by atoms with Crippen LogP contribution < -0.4 is 0 Å². The smallest absolute Gasteiger partial charge is 0.211 e. The van der Waals surface area contributed by atoms with Crippen LogP contribution in [0.3, 0.4) is 0 Å². The van der Waals surface area contributed by atoms with E-state index in [0.29, 0.717) is 10.8 Å². The quantitative estimate of drug-likeness (QED) is 0.675. The highest BCUT2D eigenvalue weighted by Gasteiger charge is 2.04. The van der Waals surface area contributed by atoms with Crippen molar-refractivity contribution in [1.82, 2.24) is 4.98 Å². The summed E-state index contributed by atoms with van der Waals surface area (Å²) in [5.74, 6) is -2.06. The van der Waals surface area contributed by atoms with Gasteiger partial charge in [-0.05, 0) is 17.5 Å². The minimum atomic E-state index is -0.932. The zero-order chi connectivity index (χ0) is 9.42. The molecule has 1 aromatic carbocycles. The predicted molar refractivity (Wildman–Crippen MR) is 43.3 cm³/mol. The second-order valence-corrected chi connectivity index (χ2v) is 2.66. The van der Waals surface area contributed by atoms with Crippen molar-refractivity contribution in [1.29, 1.82) is 0 Å². The van der Waals surface area contributed by atoms with E-state index in [1.807, 2.05) is 0 Å². The maximum atomic E-state index is 12.7. The topological polar surface area (TPSA) is 33.1 Å². The van der Waals surface area contributed by atoms with E-state index in [1.165, 1.54) is 12.3 Å². The monoisotopic (exact) mass is 181 g/mol. The zero-order valence-electron chi connectivity index (χ0n) is 6.46. The number of nitrogens with zero attached hydrogens (tertiary/aromatic N) is 1. The summed E-state index contributed by atoms with van der Waals surface area (Å²) in [5, 5.41) is 9.84. The van der Waals surface area contributed by atoms with Gasteiger partial charge < -0.3 is 5.11 Å². The van der Waals surface area contributed by atoms with Crippen LogP contribution in [-0.2, 0) is 0 Å². The lowest BCUT2D eigenvalue weighted by Gasteiger charge is -1.98. The molecule has 0 aliphatic rings. The molecule has 0 atom stereocenters. The minimum absolute atomic E-state index is 0.210. The molecule has 13 heavy (non-hydrogen) atoms. The van der Waals surface area contributed by atoms with Gasteiger partial charge in [0.15, 0.2) is 11.6 Å². The molecule has 2 aromatic rings. The molecule has 66 valence electrons. The molecule has 1 heterocycles. The summed E-state index contributed by atoms with van der Waals surface area (Å²) in [6, 6.07) is 3.33. The van der Waals surface area contributed by atoms with Gasteiger partial charge in [0.05, 0.1) is 0 Å². The van der Waals surface area contributed by atoms with Gasteiger partial charge in [0.25, 0.3) is 0 Å². The standard InChI is InChI=1S/C9H5F2NO/c10-7-1-5-3-9(13)12-4-6(5)2-8(7)11/h1-4H,(H,12,13). The molecule has 4 heteroatoms. The number of pyridine rings is 1. The summed E-state index contributed by atoms with van der Waals surface area (Å²) in [4.78, 5) is 3.54. The molecule has 0 saturated heterocycles. The van der Waals surface area contributed by atoms with Crippen LogP contribution in [0.1, 0.15) is 0 Å².